The molecule has 5 aromatic rings. The third-order valence-corrected chi connectivity index (χ3v) is 5.97. The van der Waals surface area contributed by atoms with Gasteiger partial charge in [-0.25, -0.2) is 0 Å². The number of fused-ring (bicyclic) bond motifs is 2. The first-order valence-corrected chi connectivity index (χ1v) is 11.1. The molecule has 8 nitrogen and oxygen atoms in total. The van der Waals surface area contributed by atoms with Crippen LogP contribution in [0.5, 0.6) is 0 Å². The minimum absolute atomic E-state index is 0.163. The molecule has 5 rings (SSSR count). The summed E-state index contributed by atoms with van der Waals surface area (Å²) in [4.78, 5) is 29.4. The van der Waals surface area contributed by atoms with E-state index in [0.29, 0.717) is 28.5 Å². The summed E-state index contributed by atoms with van der Waals surface area (Å²) in [7, 11) is 0. The molecule has 0 spiro atoms. The number of hydrogen-bond donors (Lipinski definition) is 3. The Bertz CT molecular complexity index is 1490. The maximum Gasteiger partial charge on any atom is 0.253 e. The van der Waals surface area contributed by atoms with Crippen molar-refractivity contribution >= 4 is 40.0 Å². The lowest BCUT2D eigenvalue weighted by Crippen LogP contribution is -2.48. The molecule has 3 aromatic heterocycles. The highest BCUT2D eigenvalue weighted by Gasteiger charge is 2.24. The van der Waals surface area contributed by atoms with E-state index in [0.717, 1.165) is 16.5 Å². The zero-order valence-corrected chi connectivity index (χ0v) is 18.8. The number of rotatable bonds is 7. The molecule has 0 saturated carbocycles. The van der Waals surface area contributed by atoms with E-state index in [1.165, 1.54) is 0 Å². The first-order valence-electron chi connectivity index (χ1n) is 10.8. The highest BCUT2D eigenvalue weighted by Crippen LogP contribution is 2.20. The normalized spacial score (nSPS) is 12.0. The molecular weight excluding hydrogens is 452 g/mol. The van der Waals surface area contributed by atoms with Crippen molar-refractivity contribution in [2.75, 3.05) is 0 Å². The SMILES string of the molecule is O=C(N[C@@H](Cc1c[nH]c2ccccc12)C(=O)NCc1nnc2ccccn12)c1ccccc1Cl. The topological polar surface area (TPSA) is 104 Å². The van der Waals surface area contributed by atoms with Gasteiger partial charge in [-0.2, -0.15) is 0 Å². The van der Waals surface area contributed by atoms with Crippen molar-refractivity contribution < 1.29 is 9.59 Å². The molecule has 0 bridgehead atoms. The van der Waals surface area contributed by atoms with Crippen LogP contribution in [-0.4, -0.2) is 37.4 Å². The minimum atomic E-state index is -0.831. The Morgan fingerprint density at radius 2 is 1.79 bits per heavy atom. The van der Waals surface area contributed by atoms with Crippen LogP contribution < -0.4 is 10.6 Å². The van der Waals surface area contributed by atoms with Gasteiger partial charge in [0.05, 0.1) is 17.1 Å². The number of aromatic amines is 1. The van der Waals surface area contributed by atoms with Crippen LogP contribution in [0.3, 0.4) is 0 Å². The van der Waals surface area contributed by atoms with Gasteiger partial charge in [0.15, 0.2) is 11.5 Å². The lowest BCUT2D eigenvalue weighted by atomic mass is 10.0. The monoisotopic (exact) mass is 472 g/mol. The molecule has 0 fully saturated rings. The molecule has 34 heavy (non-hydrogen) atoms. The van der Waals surface area contributed by atoms with E-state index < -0.39 is 11.9 Å². The van der Waals surface area contributed by atoms with E-state index in [2.05, 4.69) is 25.8 Å². The standard InChI is InChI=1S/C25H21ClN6O2/c26-19-9-3-1-8-18(19)24(33)29-21(13-16-14-27-20-10-4-2-7-17(16)20)25(34)28-15-23-31-30-22-11-5-6-12-32(22)23/h1-12,14,21,27H,13,15H2,(H,28,34)(H,29,33)/t21-/m0/s1. The predicted molar refractivity (Wildman–Crippen MR) is 130 cm³/mol. The number of carbonyl (C=O) groups is 2. The van der Waals surface area contributed by atoms with Gasteiger partial charge in [0.25, 0.3) is 5.91 Å². The van der Waals surface area contributed by atoms with Crippen molar-refractivity contribution in [3.63, 3.8) is 0 Å². The molecule has 1 atom stereocenters. The third kappa shape index (κ3) is 4.35. The van der Waals surface area contributed by atoms with Crippen LogP contribution in [0.25, 0.3) is 16.6 Å². The largest absolute Gasteiger partial charge is 0.361 e. The zero-order chi connectivity index (χ0) is 23.5. The van der Waals surface area contributed by atoms with Gasteiger partial charge in [-0.1, -0.05) is 48.0 Å². The van der Waals surface area contributed by atoms with Crippen molar-refractivity contribution in [1.82, 2.24) is 30.2 Å². The van der Waals surface area contributed by atoms with Crippen LogP contribution in [-0.2, 0) is 17.8 Å². The molecule has 170 valence electrons. The van der Waals surface area contributed by atoms with Crippen LogP contribution in [0.15, 0.2) is 79.1 Å². The van der Waals surface area contributed by atoms with Gasteiger partial charge in [-0.15, -0.1) is 10.2 Å². The van der Waals surface area contributed by atoms with Crippen molar-refractivity contribution in [1.29, 1.82) is 0 Å². The number of carbonyl (C=O) groups excluding carboxylic acids is 2. The molecule has 2 amide bonds. The summed E-state index contributed by atoms with van der Waals surface area (Å²) in [5, 5.41) is 15.3. The first kappa shape index (κ1) is 21.7. The van der Waals surface area contributed by atoms with Gasteiger partial charge in [0, 0.05) is 29.7 Å². The number of nitrogens with zero attached hydrogens (tertiary/aromatic N) is 3. The van der Waals surface area contributed by atoms with Gasteiger partial charge >= 0.3 is 0 Å². The highest BCUT2D eigenvalue weighted by atomic mass is 35.5. The van der Waals surface area contributed by atoms with Gasteiger partial charge in [-0.3, -0.25) is 14.0 Å². The van der Waals surface area contributed by atoms with E-state index in [1.807, 2.05) is 54.9 Å². The third-order valence-electron chi connectivity index (χ3n) is 5.64. The van der Waals surface area contributed by atoms with E-state index in [-0.39, 0.29) is 12.5 Å². The first-order chi connectivity index (χ1) is 16.6. The number of nitrogens with one attached hydrogen (secondary N) is 3. The maximum absolute atomic E-state index is 13.3. The number of hydrogen-bond acceptors (Lipinski definition) is 4. The predicted octanol–water partition coefficient (Wildman–Crippen LogP) is 3.52. The Labute approximate surface area is 200 Å². The Morgan fingerprint density at radius 1 is 1.00 bits per heavy atom. The highest BCUT2D eigenvalue weighted by molar-refractivity contribution is 6.33. The lowest BCUT2D eigenvalue weighted by Gasteiger charge is -2.18. The average Bonchev–Trinajstić information content (AvgIpc) is 3.46. The van der Waals surface area contributed by atoms with Crippen molar-refractivity contribution in [3.05, 3.63) is 101 Å². The van der Waals surface area contributed by atoms with E-state index in [1.54, 1.807) is 28.7 Å². The molecule has 0 unspecified atom stereocenters. The average molecular weight is 473 g/mol. The van der Waals surface area contributed by atoms with E-state index in [4.69, 9.17) is 11.6 Å². The number of aromatic nitrogens is 4. The van der Waals surface area contributed by atoms with Crippen molar-refractivity contribution in [3.8, 4) is 0 Å². The number of benzene rings is 2. The van der Waals surface area contributed by atoms with Crippen LogP contribution in [0.1, 0.15) is 21.7 Å². The summed E-state index contributed by atoms with van der Waals surface area (Å²) < 4.78 is 1.80. The lowest BCUT2D eigenvalue weighted by molar-refractivity contribution is -0.123. The second-order valence-corrected chi connectivity index (χ2v) is 8.24. The molecule has 0 aliphatic carbocycles. The van der Waals surface area contributed by atoms with Gasteiger partial charge < -0.3 is 15.6 Å². The number of halogens is 1. The number of para-hydroxylation sites is 1. The van der Waals surface area contributed by atoms with E-state index >= 15 is 0 Å². The van der Waals surface area contributed by atoms with Crippen LogP contribution in [0.2, 0.25) is 5.02 Å². The second kappa shape index (κ2) is 9.36. The van der Waals surface area contributed by atoms with Crippen molar-refractivity contribution in [2.45, 2.75) is 19.0 Å². The molecule has 0 aliphatic rings. The number of H-pyrrole nitrogens is 1. The summed E-state index contributed by atoms with van der Waals surface area (Å²) >= 11 is 6.20. The van der Waals surface area contributed by atoms with Crippen molar-refractivity contribution in [2.24, 2.45) is 0 Å². The Hall–Kier alpha value is -4.17. The summed E-state index contributed by atoms with van der Waals surface area (Å²) in [5.74, 6) is -0.163. The minimum Gasteiger partial charge on any atom is -0.361 e. The quantitative estimate of drug-likeness (QED) is 0.337. The molecule has 2 aromatic carbocycles. The van der Waals surface area contributed by atoms with Gasteiger partial charge in [-0.05, 0) is 35.9 Å². The smallest absolute Gasteiger partial charge is 0.253 e. The van der Waals surface area contributed by atoms with Crippen LogP contribution in [0.4, 0.5) is 0 Å². The maximum atomic E-state index is 13.3. The van der Waals surface area contributed by atoms with Crippen LogP contribution in [0, 0.1) is 0 Å². The number of pyridine rings is 1. The molecule has 3 N–H and O–H groups in total. The summed E-state index contributed by atoms with van der Waals surface area (Å²) in [5.41, 5.74) is 2.88. The summed E-state index contributed by atoms with van der Waals surface area (Å²) in [6.45, 7) is 0.163. The Morgan fingerprint density at radius 3 is 2.68 bits per heavy atom. The van der Waals surface area contributed by atoms with Crippen LogP contribution >= 0.6 is 11.6 Å². The summed E-state index contributed by atoms with van der Waals surface area (Å²) in [6, 6.07) is 19.3. The molecule has 9 heteroatoms. The molecule has 3 heterocycles. The number of amides is 2. The van der Waals surface area contributed by atoms with Gasteiger partial charge in [0.2, 0.25) is 5.91 Å². The molecule has 0 radical (unpaired) electrons. The molecular formula is C25H21ClN6O2. The second-order valence-electron chi connectivity index (χ2n) is 7.83. The Balaban J connectivity index is 1.38. The molecule has 0 aliphatic heterocycles. The fourth-order valence-corrected chi connectivity index (χ4v) is 4.13. The Kier molecular flexibility index (Phi) is 5.97. The van der Waals surface area contributed by atoms with Gasteiger partial charge in [0.1, 0.15) is 6.04 Å². The fraction of sp³-hybridized carbons (Fsp3) is 0.120. The fourth-order valence-electron chi connectivity index (χ4n) is 3.91. The molecule has 0 saturated heterocycles. The van der Waals surface area contributed by atoms with E-state index in [9.17, 15) is 9.59 Å². The zero-order valence-electron chi connectivity index (χ0n) is 18.0. The summed E-state index contributed by atoms with van der Waals surface area (Å²) in [6.07, 6.45) is 3.99.